The van der Waals surface area contributed by atoms with Crippen LogP contribution in [-0.4, -0.2) is 12.3 Å². The predicted molar refractivity (Wildman–Crippen MR) is 67.3 cm³/mol. The maximum atomic E-state index is 13.1. The highest BCUT2D eigenvalue weighted by Gasteiger charge is 2.12. The Balaban J connectivity index is 2.64. The number of halogens is 1. The second-order valence-electron chi connectivity index (χ2n) is 4.50. The van der Waals surface area contributed by atoms with Gasteiger partial charge in [-0.2, -0.15) is 0 Å². The van der Waals surface area contributed by atoms with Crippen molar-refractivity contribution in [2.75, 3.05) is 6.54 Å². The summed E-state index contributed by atoms with van der Waals surface area (Å²) < 4.78 is 13.1. The van der Waals surface area contributed by atoms with E-state index in [0.29, 0.717) is 19.4 Å². The van der Waals surface area contributed by atoms with Gasteiger partial charge in [0.2, 0.25) is 0 Å². The monoisotopic (exact) mass is 237 g/mol. The molecule has 1 atom stereocenters. The zero-order valence-corrected chi connectivity index (χ0v) is 10.5. The average molecular weight is 237 g/mol. The van der Waals surface area contributed by atoms with Gasteiger partial charge in [-0.05, 0) is 42.6 Å². The van der Waals surface area contributed by atoms with Crippen LogP contribution in [0.15, 0.2) is 18.2 Å². The SMILES string of the molecule is CCC(CN)CC(=O)Cc1cc(F)ccc1C. The molecule has 2 N–H and O–H groups in total. The molecule has 1 aromatic carbocycles. The molecule has 0 saturated heterocycles. The molecule has 1 aromatic rings. The topological polar surface area (TPSA) is 43.1 Å². The molecule has 0 aromatic heterocycles. The lowest BCUT2D eigenvalue weighted by Gasteiger charge is -2.11. The molecule has 1 rings (SSSR count). The van der Waals surface area contributed by atoms with Crippen LogP contribution < -0.4 is 5.73 Å². The molecule has 2 nitrogen and oxygen atoms in total. The molecule has 17 heavy (non-hydrogen) atoms. The largest absolute Gasteiger partial charge is 0.330 e. The van der Waals surface area contributed by atoms with Crippen LogP contribution in [0, 0.1) is 18.7 Å². The van der Waals surface area contributed by atoms with E-state index in [-0.39, 0.29) is 17.5 Å². The lowest BCUT2D eigenvalue weighted by Crippen LogP contribution is -2.18. The van der Waals surface area contributed by atoms with Gasteiger partial charge in [0.15, 0.2) is 0 Å². The molecule has 0 spiro atoms. The number of nitrogens with two attached hydrogens (primary N) is 1. The Labute approximate surface area is 102 Å². The molecule has 0 amide bonds. The van der Waals surface area contributed by atoms with Gasteiger partial charge >= 0.3 is 0 Å². The Morgan fingerprint density at radius 2 is 2.18 bits per heavy atom. The quantitative estimate of drug-likeness (QED) is 0.826. The lowest BCUT2D eigenvalue weighted by atomic mass is 9.95. The second-order valence-corrected chi connectivity index (χ2v) is 4.50. The molecular weight excluding hydrogens is 217 g/mol. The lowest BCUT2D eigenvalue weighted by molar-refractivity contribution is -0.119. The first kappa shape index (κ1) is 13.8. The zero-order chi connectivity index (χ0) is 12.8. The summed E-state index contributed by atoms with van der Waals surface area (Å²) in [5, 5.41) is 0. The van der Waals surface area contributed by atoms with Crippen molar-refractivity contribution in [3.05, 3.63) is 35.1 Å². The Morgan fingerprint density at radius 3 is 2.76 bits per heavy atom. The van der Waals surface area contributed by atoms with E-state index in [0.717, 1.165) is 17.5 Å². The Bertz CT molecular complexity index is 386. The van der Waals surface area contributed by atoms with Gasteiger partial charge in [-0.3, -0.25) is 4.79 Å². The highest BCUT2D eigenvalue weighted by atomic mass is 19.1. The summed E-state index contributed by atoms with van der Waals surface area (Å²) in [6, 6.07) is 4.56. The molecule has 1 unspecified atom stereocenters. The van der Waals surface area contributed by atoms with Crippen molar-refractivity contribution in [1.29, 1.82) is 0 Å². The van der Waals surface area contributed by atoms with Crippen molar-refractivity contribution in [3.63, 3.8) is 0 Å². The van der Waals surface area contributed by atoms with E-state index in [1.54, 1.807) is 6.07 Å². The number of aryl methyl sites for hydroxylation is 1. The van der Waals surface area contributed by atoms with E-state index in [4.69, 9.17) is 5.73 Å². The van der Waals surface area contributed by atoms with Crippen LogP contribution in [0.2, 0.25) is 0 Å². The fraction of sp³-hybridized carbons (Fsp3) is 0.500. The second kappa shape index (κ2) is 6.50. The van der Waals surface area contributed by atoms with Gasteiger partial charge < -0.3 is 5.73 Å². The number of Topliss-reactive ketones (excluding diaryl/α,β-unsaturated/α-hetero) is 1. The third kappa shape index (κ3) is 4.27. The number of benzene rings is 1. The van der Waals surface area contributed by atoms with Gasteiger partial charge in [-0.1, -0.05) is 19.4 Å². The number of rotatable bonds is 6. The summed E-state index contributed by atoms with van der Waals surface area (Å²) in [4.78, 5) is 11.8. The predicted octanol–water partition coefficient (Wildman–Crippen LogP) is 2.62. The minimum Gasteiger partial charge on any atom is -0.330 e. The smallest absolute Gasteiger partial charge is 0.137 e. The van der Waals surface area contributed by atoms with Gasteiger partial charge in [0.1, 0.15) is 11.6 Å². The molecule has 0 fully saturated rings. The minimum atomic E-state index is -0.288. The van der Waals surface area contributed by atoms with Crippen molar-refractivity contribution in [3.8, 4) is 0 Å². The average Bonchev–Trinajstić information content (AvgIpc) is 2.31. The number of carbonyl (C=O) groups is 1. The van der Waals surface area contributed by atoms with Crippen LogP contribution in [-0.2, 0) is 11.2 Å². The van der Waals surface area contributed by atoms with Gasteiger partial charge in [0, 0.05) is 12.8 Å². The Morgan fingerprint density at radius 1 is 1.47 bits per heavy atom. The van der Waals surface area contributed by atoms with Crippen molar-refractivity contribution < 1.29 is 9.18 Å². The first-order valence-electron chi connectivity index (χ1n) is 6.03. The molecule has 0 aliphatic rings. The minimum absolute atomic E-state index is 0.135. The molecule has 94 valence electrons. The van der Waals surface area contributed by atoms with Crippen molar-refractivity contribution in [2.24, 2.45) is 11.7 Å². The van der Waals surface area contributed by atoms with E-state index in [1.807, 2.05) is 13.8 Å². The molecule has 0 radical (unpaired) electrons. The van der Waals surface area contributed by atoms with Gasteiger partial charge in [-0.25, -0.2) is 4.39 Å². The van der Waals surface area contributed by atoms with Crippen LogP contribution >= 0.6 is 0 Å². The third-order valence-electron chi connectivity index (χ3n) is 3.13. The fourth-order valence-electron chi connectivity index (χ4n) is 1.83. The molecule has 0 bridgehead atoms. The molecular formula is C14H20FNO. The summed E-state index contributed by atoms with van der Waals surface area (Å²) in [5.41, 5.74) is 7.31. The number of hydrogen-bond acceptors (Lipinski definition) is 2. The first-order chi connectivity index (χ1) is 8.06. The van der Waals surface area contributed by atoms with Crippen LogP contribution in [0.1, 0.15) is 30.9 Å². The van der Waals surface area contributed by atoms with Crippen LogP contribution in [0.5, 0.6) is 0 Å². The standard InChI is InChI=1S/C14H20FNO/c1-3-11(9-16)6-14(17)8-12-7-13(15)5-4-10(12)2/h4-5,7,11H,3,6,8-9,16H2,1-2H3. The fourth-order valence-corrected chi connectivity index (χ4v) is 1.83. The van der Waals surface area contributed by atoms with Crippen LogP contribution in [0.3, 0.4) is 0 Å². The van der Waals surface area contributed by atoms with Crippen molar-refractivity contribution >= 4 is 5.78 Å². The van der Waals surface area contributed by atoms with Crippen molar-refractivity contribution in [1.82, 2.24) is 0 Å². The summed E-state index contributed by atoms with van der Waals surface area (Å²) in [6.07, 6.45) is 1.70. The first-order valence-corrected chi connectivity index (χ1v) is 6.03. The molecule has 0 heterocycles. The molecule has 0 aliphatic heterocycles. The van der Waals surface area contributed by atoms with E-state index < -0.39 is 0 Å². The maximum absolute atomic E-state index is 13.1. The highest BCUT2D eigenvalue weighted by molar-refractivity contribution is 5.81. The maximum Gasteiger partial charge on any atom is 0.137 e. The molecule has 0 aliphatic carbocycles. The number of hydrogen-bond donors (Lipinski definition) is 1. The van der Waals surface area contributed by atoms with E-state index in [1.165, 1.54) is 12.1 Å². The van der Waals surface area contributed by atoms with Crippen LogP contribution in [0.4, 0.5) is 4.39 Å². The van der Waals surface area contributed by atoms with Crippen molar-refractivity contribution in [2.45, 2.75) is 33.1 Å². The van der Waals surface area contributed by atoms with E-state index >= 15 is 0 Å². The van der Waals surface area contributed by atoms with E-state index in [9.17, 15) is 9.18 Å². The summed E-state index contributed by atoms with van der Waals surface area (Å²) in [6.45, 7) is 4.45. The third-order valence-corrected chi connectivity index (χ3v) is 3.13. The van der Waals surface area contributed by atoms with Crippen LogP contribution in [0.25, 0.3) is 0 Å². The molecule has 0 saturated carbocycles. The summed E-state index contributed by atoms with van der Waals surface area (Å²) >= 11 is 0. The van der Waals surface area contributed by atoms with Gasteiger partial charge in [-0.15, -0.1) is 0 Å². The summed E-state index contributed by atoms with van der Waals surface area (Å²) in [5.74, 6) is 0.0941. The van der Waals surface area contributed by atoms with E-state index in [2.05, 4.69) is 0 Å². The zero-order valence-electron chi connectivity index (χ0n) is 10.5. The Hall–Kier alpha value is -1.22. The number of carbonyl (C=O) groups excluding carboxylic acids is 1. The Kier molecular flexibility index (Phi) is 5.29. The molecule has 3 heteroatoms. The van der Waals surface area contributed by atoms with Gasteiger partial charge in [0.05, 0.1) is 0 Å². The highest BCUT2D eigenvalue weighted by Crippen LogP contribution is 2.14. The summed E-state index contributed by atoms with van der Waals surface area (Å²) in [7, 11) is 0. The van der Waals surface area contributed by atoms with Gasteiger partial charge in [0.25, 0.3) is 0 Å². The number of ketones is 1. The normalized spacial score (nSPS) is 12.5.